The molecule has 2 aliphatic rings. The number of hydrogen-bond donors (Lipinski definition) is 1. The number of rotatable bonds is 3. The van der Waals surface area contributed by atoms with Crippen LogP contribution in [0.1, 0.15) is 81.8 Å². The van der Waals surface area contributed by atoms with Gasteiger partial charge in [-0.1, -0.05) is 24.9 Å². The topological polar surface area (TPSA) is 51.0 Å². The quantitative estimate of drug-likeness (QED) is 0.917. The Balaban J connectivity index is 1.62. The van der Waals surface area contributed by atoms with Crippen molar-refractivity contribution in [2.45, 2.75) is 76.2 Å². The summed E-state index contributed by atoms with van der Waals surface area (Å²) in [5.41, 5.74) is 0. The molecule has 1 aromatic rings. The first kappa shape index (κ1) is 14.1. The fourth-order valence-electron chi connectivity index (χ4n) is 3.88. The monoisotopic (exact) mass is 277 g/mol. The third-order valence-electron chi connectivity index (χ3n) is 5.24. The Hall–Kier alpha value is -0.900. The largest absolute Gasteiger partial charge is 0.339 e. The molecule has 0 bridgehead atoms. The summed E-state index contributed by atoms with van der Waals surface area (Å²) in [5.74, 6) is 3.70. The molecule has 4 nitrogen and oxygen atoms in total. The lowest BCUT2D eigenvalue weighted by atomic mass is 9.82. The van der Waals surface area contributed by atoms with Crippen LogP contribution in [0.3, 0.4) is 0 Å². The fourth-order valence-corrected chi connectivity index (χ4v) is 3.88. The molecule has 2 saturated carbocycles. The predicted octanol–water partition coefficient (Wildman–Crippen LogP) is 3.61. The van der Waals surface area contributed by atoms with Crippen LogP contribution in [0, 0.1) is 5.92 Å². The maximum atomic E-state index is 5.58. The first-order valence-corrected chi connectivity index (χ1v) is 8.27. The lowest BCUT2D eigenvalue weighted by Crippen LogP contribution is -2.29. The van der Waals surface area contributed by atoms with Gasteiger partial charge in [0.2, 0.25) is 5.89 Å². The van der Waals surface area contributed by atoms with E-state index in [9.17, 15) is 0 Å². The van der Waals surface area contributed by atoms with Crippen LogP contribution in [0.4, 0.5) is 0 Å². The van der Waals surface area contributed by atoms with E-state index in [1.807, 2.05) is 0 Å². The zero-order valence-electron chi connectivity index (χ0n) is 12.8. The Kier molecular flexibility index (Phi) is 4.39. The third-order valence-corrected chi connectivity index (χ3v) is 5.24. The third kappa shape index (κ3) is 3.05. The Morgan fingerprint density at radius 1 is 1.05 bits per heavy atom. The number of hydrogen-bond acceptors (Lipinski definition) is 4. The maximum absolute atomic E-state index is 5.58. The number of nitrogens with zero attached hydrogens (tertiary/aromatic N) is 2. The van der Waals surface area contributed by atoms with Crippen molar-refractivity contribution in [2.24, 2.45) is 5.92 Å². The Morgan fingerprint density at radius 2 is 1.85 bits per heavy atom. The molecule has 2 aliphatic carbocycles. The summed E-state index contributed by atoms with van der Waals surface area (Å²) >= 11 is 0. The average molecular weight is 277 g/mol. The van der Waals surface area contributed by atoms with E-state index in [-0.39, 0.29) is 0 Å². The molecule has 2 unspecified atom stereocenters. The molecule has 0 spiro atoms. The van der Waals surface area contributed by atoms with E-state index in [2.05, 4.69) is 24.4 Å². The molecule has 0 aliphatic heterocycles. The highest BCUT2D eigenvalue weighted by molar-refractivity contribution is 5.02. The molecular formula is C16H27N3O. The summed E-state index contributed by atoms with van der Waals surface area (Å²) in [6.07, 6.45) is 9.92. The second kappa shape index (κ2) is 6.25. The van der Waals surface area contributed by atoms with Gasteiger partial charge in [0.1, 0.15) is 0 Å². The van der Waals surface area contributed by atoms with Gasteiger partial charge in [-0.3, -0.25) is 0 Å². The summed E-state index contributed by atoms with van der Waals surface area (Å²) in [6.45, 7) is 2.34. The SMILES string of the molecule is CNC1CCC(c2nc(C3CCCC(C)C3)no2)CC1. The molecule has 112 valence electrons. The van der Waals surface area contributed by atoms with E-state index in [0.717, 1.165) is 17.6 Å². The molecule has 0 saturated heterocycles. The minimum atomic E-state index is 0.488. The second-order valence-electron chi connectivity index (χ2n) is 6.80. The van der Waals surface area contributed by atoms with Crippen molar-refractivity contribution in [2.75, 3.05) is 7.05 Å². The van der Waals surface area contributed by atoms with Crippen LogP contribution in [0.25, 0.3) is 0 Å². The Labute approximate surface area is 121 Å². The average Bonchev–Trinajstić information content (AvgIpc) is 2.97. The Bertz CT molecular complexity index is 423. The van der Waals surface area contributed by atoms with Crippen molar-refractivity contribution in [3.8, 4) is 0 Å². The summed E-state index contributed by atoms with van der Waals surface area (Å²) in [7, 11) is 2.06. The summed E-state index contributed by atoms with van der Waals surface area (Å²) < 4.78 is 5.58. The molecule has 0 radical (unpaired) electrons. The van der Waals surface area contributed by atoms with Gasteiger partial charge in [0.25, 0.3) is 0 Å². The number of aromatic nitrogens is 2. The summed E-state index contributed by atoms with van der Waals surface area (Å²) in [6, 6.07) is 0.674. The molecule has 1 heterocycles. The van der Waals surface area contributed by atoms with Crippen molar-refractivity contribution in [1.29, 1.82) is 0 Å². The lowest BCUT2D eigenvalue weighted by molar-refractivity contribution is 0.283. The predicted molar refractivity (Wildman–Crippen MR) is 78.7 cm³/mol. The van der Waals surface area contributed by atoms with Gasteiger partial charge in [0, 0.05) is 17.9 Å². The van der Waals surface area contributed by atoms with Crippen LogP contribution in [0.15, 0.2) is 4.52 Å². The van der Waals surface area contributed by atoms with Gasteiger partial charge in [0.15, 0.2) is 5.82 Å². The summed E-state index contributed by atoms with van der Waals surface area (Å²) in [4.78, 5) is 4.74. The van der Waals surface area contributed by atoms with Crippen LogP contribution in [-0.4, -0.2) is 23.2 Å². The van der Waals surface area contributed by atoms with Crippen LogP contribution >= 0.6 is 0 Å². The zero-order chi connectivity index (χ0) is 13.9. The normalized spacial score (nSPS) is 35.1. The van der Waals surface area contributed by atoms with Gasteiger partial charge < -0.3 is 9.84 Å². The fraction of sp³-hybridized carbons (Fsp3) is 0.875. The van der Waals surface area contributed by atoms with E-state index >= 15 is 0 Å². The first-order valence-electron chi connectivity index (χ1n) is 8.27. The van der Waals surface area contributed by atoms with Crippen molar-refractivity contribution < 1.29 is 4.52 Å². The van der Waals surface area contributed by atoms with Crippen molar-refractivity contribution >= 4 is 0 Å². The molecule has 3 rings (SSSR count). The minimum Gasteiger partial charge on any atom is -0.339 e. The van der Waals surface area contributed by atoms with E-state index < -0.39 is 0 Å². The standard InChI is InChI=1S/C16H27N3O/c1-11-4-3-5-13(10-11)15-18-16(20-19-15)12-6-8-14(17-2)9-7-12/h11-14,17H,3-10H2,1-2H3. The van der Waals surface area contributed by atoms with Gasteiger partial charge in [-0.25, -0.2) is 0 Å². The van der Waals surface area contributed by atoms with Crippen LogP contribution in [0.5, 0.6) is 0 Å². The molecule has 1 aromatic heterocycles. The van der Waals surface area contributed by atoms with Gasteiger partial charge >= 0.3 is 0 Å². The van der Waals surface area contributed by atoms with Gasteiger partial charge in [-0.05, 0) is 51.5 Å². The zero-order valence-corrected chi connectivity index (χ0v) is 12.8. The highest BCUT2D eigenvalue weighted by Gasteiger charge is 2.28. The molecule has 0 aromatic carbocycles. The minimum absolute atomic E-state index is 0.488. The highest BCUT2D eigenvalue weighted by atomic mass is 16.5. The maximum Gasteiger partial charge on any atom is 0.229 e. The number of nitrogens with one attached hydrogen (secondary N) is 1. The van der Waals surface area contributed by atoms with E-state index in [1.54, 1.807) is 0 Å². The van der Waals surface area contributed by atoms with Gasteiger partial charge in [0.05, 0.1) is 0 Å². The summed E-state index contributed by atoms with van der Waals surface area (Å²) in [5, 5.41) is 7.66. The molecule has 2 atom stereocenters. The van der Waals surface area contributed by atoms with Crippen LogP contribution < -0.4 is 5.32 Å². The van der Waals surface area contributed by atoms with Crippen molar-refractivity contribution in [3.63, 3.8) is 0 Å². The molecule has 1 N–H and O–H groups in total. The first-order chi connectivity index (χ1) is 9.76. The molecule has 20 heavy (non-hydrogen) atoms. The second-order valence-corrected chi connectivity index (χ2v) is 6.80. The van der Waals surface area contributed by atoms with Crippen molar-refractivity contribution in [1.82, 2.24) is 15.5 Å². The van der Waals surface area contributed by atoms with Gasteiger partial charge in [-0.15, -0.1) is 0 Å². The molecular weight excluding hydrogens is 250 g/mol. The Morgan fingerprint density at radius 3 is 2.55 bits per heavy atom. The van der Waals surface area contributed by atoms with E-state index in [1.165, 1.54) is 51.4 Å². The van der Waals surface area contributed by atoms with Crippen molar-refractivity contribution in [3.05, 3.63) is 11.7 Å². The van der Waals surface area contributed by atoms with E-state index in [4.69, 9.17) is 9.51 Å². The molecule has 0 amide bonds. The molecule has 4 heteroatoms. The van der Waals surface area contributed by atoms with Crippen LogP contribution in [-0.2, 0) is 0 Å². The lowest BCUT2D eigenvalue weighted by Gasteiger charge is -2.26. The highest BCUT2D eigenvalue weighted by Crippen LogP contribution is 2.36. The molecule has 2 fully saturated rings. The van der Waals surface area contributed by atoms with Crippen LogP contribution in [0.2, 0.25) is 0 Å². The van der Waals surface area contributed by atoms with Gasteiger partial charge in [-0.2, -0.15) is 4.98 Å². The van der Waals surface area contributed by atoms with E-state index in [0.29, 0.717) is 17.9 Å². The smallest absolute Gasteiger partial charge is 0.229 e.